The van der Waals surface area contributed by atoms with Gasteiger partial charge in [0.1, 0.15) is 11.3 Å². The molecule has 0 radical (unpaired) electrons. The number of ether oxygens (including phenoxy) is 1. The molecule has 0 aliphatic carbocycles. The fourth-order valence-electron chi connectivity index (χ4n) is 2.65. The standard InChI is InChI=1S/C23H16BrN3O4S/c24-17-5-3-4-16(12-17)22(29)30-18-10-8-15(9-11-18)13-25-27-21(28)14-32-23-26-19-6-1-2-7-20(19)31-23/h1-13H,14H2,(H,27,28)/b25-13-. The van der Waals surface area contributed by atoms with Crippen molar-refractivity contribution in [2.75, 3.05) is 5.75 Å². The molecule has 1 heterocycles. The topological polar surface area (TPSA) is 93.8 Å². The minimum atomic E-state index is -0.448. The van der Waals surface area contributed by atoms with Crippen LogP contribution in [-0.4, -0.2) is 28.8 Å². The van der Waals surface area contributed by atoms with Crippen molar-refractivity contribution in [3.05, 3.63) is 88.4 Å². The summed E-state index contributed by atoms with van der Waals surface area (Å²) in [6, 6.07) is 21.1. The van der Waals surface area contributed by atoms with Crippen LogP contribution in [0.4, 0.5) is 0 Å². The second-order valence-electron chi connectivity index (χ2n) is 6.50. The van der Waals surface area contributed by atoms with Gasteiger partial charge in [0.05, 0.1) is 17.5 Å². The number of hydrazone groups is 1. The summed E-state index contributed by atoms with van der Waals surface area (Å²) in [5.74, 6) is -0.204. The van der Waals surface area contributed by atoms with Crippen molar-refractivity contribution < 1.29 is 18.7 Å². The molecule has 0 unspecified atom stereocenters. The first kappa shape index (κ1) is 21.8. The number of oxazole rings is 1. The number of halogens is 1. The predicted octanol–water partition coefficient (Wildman–Crippen LogP) is 5.05. The van der Waals surface area contributed by atoms with Crippen LogP contribution in [0.15, 0.2) is 92.0 Å². The number of carbonyl (C=O) groups is 2. The molecule has 0 fully saturated rings. The zero-order valence-electron chi connectivity index (χ0n) is 16.5. The molecule has 160 valence electrons. The molecular weight excluding hydrogens is 494 g/mol. The molecule has 4 aromatic rings. The van der Waals surface area contributed by atoms with Gasteiger partial charge in [-0.05, 0) is 60.2 Å². The highest BCUT2D eigenvalue weighted by Crippen LogP contribution is 2.22. The number of aromatic nitrogens is 1. The smallest absolute Gasteiger partial charge is 0.343 e. The summed E-state index contributed by atoms with van der Waals surface area (Å²) in [6.45, 7) is 0. The van der Waals surface area contributed by atoms with Crippen LogP contribution in [0.5, 0.6) is 5.75 Å². The van der Waals surface area contributed by atoms with Gasteiger partial charge in [0.25, 0.3) is 11.1 Å². The maximum atomic E-state index is 12.2. The predicted molar refractivity (Wildman–Crippen MR) is 126 cm³/mol. The first-order valence-electron chi connectivity index (χ1n) is 9.45. The number of thioether (sulfide) groups is 1. The molecule has 4 rings (SSSR count). The number of hydrogen-bond acceptors (Lipinski definition) is 7. The van der Waals surface area contributed by atoms with Crippen LogP contribution < -0.4 is 10.2 Å². The Hall–Kier alpha value is -3.43. The molecule has 1 amide bonds. The quantitative estimate of drug-likeness (QED) is 0.123. The third-order valence-electron chi connectivity index (χ3n) is 4.15. The van der Waals surface area contributed by atoms with E-state index in [2.05, 4.69) is 31.4 Å². The van der Waals surface area contributed by atoms with Crippen molar-refractivity contribution in [3.8, 4) is 5.75 Å². The average Bonchev–Trinajstić information content (AvgIpc) is 3.22. The molecule has 0 atom stereocenters. The zero-order valence-corrected chi connectivity index (χ0v) is 18.9. The molecule has 1 N–H and O–H groups in total. The molecule has 0 bridgehead atoms. The molecule has 0 spiro atoms. The second-order valence-corrected chi connectivity index (χ2v) is 8.34. The molecule has 32 heavy (non-hydrogen) atoms. The van der Waals surface area contributed by atoms with Crippen LogP contribution >= 0.6 is 27.7 Å². The SMILES string of the molecule is O=C(CSc1nc2ccccc2o1)N/N=C\c1ccc(OC(=O)c2cccc(Br)c2)cc1. The lowest BCUT2D eigenvalue weighted by Crippen LogP contribution is -2.19. The summed E-state index contributed by atoms with van der Waals surface area (Å²) >= 11 is 4.52. The van der Waals surface area contributed by atoms with Crippen molar-refractivity contribution in [1.82, 2.24) is 10.4 Å². The Labute approximate surface area is 196 Å². The van der Waals surface area contributed by atoms with E-state index in [9.17, 15) is 9.59 Å². The highest BCUT2D eigenvalue weighted by Gasteiger charge is 2.10. The molecule has 7 nitrogen and oxygen atoms in total. The molecule has 1 aromatic heterocycles. The Morgan fingerprint density at radius 3 is 2.69 bits per heavy atom. The van der Waals surface area contributed by atoms with Gasteiger partial charge in [0, 0.05) is 4.47 Å². The van der Waals surface area contributed by atoms with Crippen LogP contribution in [-0.2, 0) is 4.79 Å². The molecular formula is C23H16BrN3O4S. The van der Waals surface area contributed by atoms with Crippen LogP contribution in [0.3, 0.4) is 0 Å². The maximum Gasteiger partial charge on any atom is 0.343 e. The minimum Gasteiger partial charge on any atom is -0.431 e. The lowest BCUT2D eigenvalue weighted by molar-refractivity contribution is -0.118. The van der Waals surface area contributed by atoms with Crippen molar-refractivity contribution in [2.24, 2.45) is 5.10 Å². The summed E-state index contributed by atoms with van der Waals surface area (Å²) in [5, 5.41) is 4.37. The van der Waals surface area contributed by atoms with Gasteiger partial charge >= 0.3 is 5.97 Å². The molecule has 0 saturated carbocycles. The average molecular weight is 510 g/mol. The fraction of sp³-hybridized carbons (Fsp3) is 0.0435. The van der Waals surface area contributed by atoms with Crippen LogP contribution in [0.2, 0.25) is 0 Å². The van der Waals surface area contributed by atoms with E-state index >= 15 is 0 Å². The van der Waals surface area contributed by atoms with Crippen molar-refractivity contribution in [3.63, 3.8) is 0 Å². The summed E-state index contributed by atoms with van der Waals surface area (Å²) in [6.07, 6.45) is 1.50. The minimum absolute atomic E-state index is 0.120. The number of nitrogens with one attached hydrogen (secondary N) is 1. The van der Waals surface area contributed by atoms with Crippen molar-refractivity contribution in [1.29, 1.82) is 0 Å². The van der Waals surface area contributed by atoms with E-state index in [1.807, 2.05) is 30.3 Å². The van der Waals surface area contributed by atoms with Gasteiger partial charge in [-0.3, -0.25) is 4.79 Å². The van der Waals surface area contributed by atoms with Gasteiger partial charge in [0.2, 0.25) is 0 Å². The molecule has 0 aliphatic heterocycles. The maximum absolute atomic E-state index is 12.2. The number of benzene rings is 3. The number of amides is 1. The van der Waals surface area contributed by atoms with E-state index < -0.39 is 5.97 Å². The lowest BCUT2D eigenvalue weighted by Gasteiger charge is -2.05. The van der Waals surface area contributed by atoms with Crippen molar-refractivity contribution in [2.45, 2.75) is 5.22 Å². The monoisotopic (exact) mass is 509 g/mol. The Morgan fingerprint density at radius 1 is 1.09 bits per heavy atom. The third-order valence-corrected chi connectivity index (χ3v) is 5.48. The second kappa shape index (κ2) is 10.3. The Kier molecular flexibility index (Phi) is 6.98. The first-order chi connectivity index (χ1) is 15.6. The number of rotatable bonds is 7. The Bertz CT molecular complexity index is 1250. The van der Waals surface area contributed by atoms with E-state index in [1.165, 1.54) is 18.0 Å². The normalized spacial score (nSPS) is 11.0. The Balaban J connectivity index is 1.25. The van der Waals surface area contributed by atoms with Gasteiger partial charge in [-0.25, -0.2) is 15.2 Å². The molecule has 0 aliphatic rings. The van der Waals surface area contributed by atoms with E-state index in [0.717, 1.165) is 15.6 Å². The number of carbonyl (C=O) groups excluding carboxylic acids is 2. The number of para-hydroxylation sites is 2. The molecule has 3 aromatic carbocycles. The first-order valence-corrected chi connectivity index (χ1v) is 11.2. The molecule has 9 heteroatoms. The fourth-order valence-corrected chi connectivity index (χ4v) is 3.68. The highest BCUT2D eigenvalue weighted by molar-refractivity contribution is 9.10. The third kappa shape index (κ3) is 5.83. The number of hydrogen-bond donors (Lipinski definition) is 1. The number of nitrogens with zero attached hydrogens (tertiary/aromatic N) is 2. The number of esters is 1. The van der Waals surface area contributed by atoms with E-state index in [0.29, 0.717) is 22.1 Å². The van der Waals surface area contributed by atoms with E-state index in [4.69, 9.17) is 9.15 Å². The molecule has 0 saturated heterocycles. The van der Waals surface area contributed by atoms with Gasteiger partial charge in [-0.1, -0.05) is 45.9 Å². The van der Waals surface area contributed by atoms with Gasteiger partial charge in [-0.2, -0.15) is 5.10 Å². The van der Waals surface area contributed by atoms with Gasteiger partial charge < -0.3 is 9.15 Å². The van der Waals surface area contributed by atoms with Crippen LogP contribution in [0.25, 0.3) is 11.1 Å². The lowest BCUT2D eigenvalue weighted by atomic mass is 10.2. The summed E-state index contributed by atoms with van der Waals surface area (Å²) in [4.78, 5) is 28.5. The summed E-state index contributed by atoms with van der Waals surface area (Å²) < 4.78 is 11.7. The van der Waals surface area contributed by atoms with Crippen LogP contribution in [0.1, 0.15) is 15.9 Å². The Morgan fingerprint density at radius 2 is 1.91 bits per heavy atom. The van der Waals surface area contributed by atoms with Gasteiger partial charge in [0.15, 0.2) is 5.58 Å². The van der Waals surface area contributed by atoms with E-state index in [1.54, 1.807) is 42.5 Å². The zero-order chi connectivity index (χ0) is 22.3. The van der Waals surface area contributed by atoms with Gasteiger partial charge in [-0.15, -0.1) is 0 Å². The number of fused-ring (bicyclic) bond motifs is 1. The summed E-state index contributed by atoms with van der Waals surface area (Å²) in [7, 11) is 0. The van der Waals surface area contributed by atoms with E-state index in [-0.39, 0.29) is 11.7 Å². The van der Waals surface area contributed by atoms with Crippen LogP contribution in [0, 0.1) is 0 Å². The largest absolute Gasteiger partial charge is 0.431 e. The highest BCUT2D eigenvalue weighted by atomic mass is 79.9. The summed E-state index contributed by atoms with van der Waals surface area (Å²) in [5.41, 5.74) is 5.07. The van der Waals surface area contributed by atoms with Crippen molar-refractivity contribution >= 4 is 56.9 Å².